The molecule has 60 heavy (non-hydrogen) atoms. The topological polar surface area (TPSA) is 64.3 Å². The molecule has 0 radical (unpaired) electrons. The number of hydrogen-bond donors (Lipinski definition) is 1. The molecule has 0 bridgehead atoms. The number of fused-ring (bicyclic) bond motifs is 2. The first kappa shape index (κ1) is 41.4. The smallest absolute Gasteiger partial charge is 0.346 e. The molecular formula is C52H48N2O2S4. The summed E-state index contributed by atoms with van der Waals surface area (Å²) in [7, 11) is 0. The van der Waals surface area contributed by atoms with Gasteiger partial charge < -0.3 is 10.0 Å². The molecule has 302 valence electrons. The van der Waals surface area contributed by atoms with Crippen molar-refractivity contribution in [3.05, 3.63) is 143 Å². The zero-order valence-corrected chi connectivity index (χ0v) is 37.3. The van der Waals surface area contributed by atoms with E-state index in [1.165, 1.54) is 88.7 Å². The molecule has 4 aromatic heterocycles. The fourth-order valence-electron chi connectivity index (χ4n) is 7.91. The van der Waals surface area contributed by atoms with Crippen molar-refractivity contribution in [1.29, 1.82) is 5.26 Å². The highest BCUT2D eigenvalue weighted by atomic mass is 32.1. The van der Waals surface area contributed by atoms with Crippen LogP contribution >= 0.6 is 45.3 Å². The van der Waals surface area contributed by atoms with Gasteiger partial charge in [-0.25, -0.2) is 4.79 Å². The number of aliphatic carboxylic acids is 1. The third kappa shape index (κ3) is 9.06. The molecule has 4 aromatic carbocycles. The van der Waals surface area contributed by atoms with Crippen LogP contribution < -0.4 is 4.90 Å². The number of hydrogen-bond acceptors (Lipinski definition) is 7. The molecule has 8 aromatic rings. The minimum absolute atomic E-state index is 0.227. The summed E-state index contributed by atoms with van der Waals surface area (Å²) in [6.45, 7) is 4.48. The van der Waals surface area contributed by atoms with Gasteiger partial charge in [-0.05, 0) is 102 Å². The van der Waals surface area contributed by atoms with Crippen molar-refractivity contribution in [3.8, 4) is 35.3 Å². The molecule has 0 aliphatic carbocycles. The molecule has 1 N–H and O–H groups in total. The van der Waals surface area contributed by atoms with Crippen LogP contribution in [0, 0.1) is 11.3 Å². The van der Waals surface area contributed by atoms with Crippen LogP contribution in [0.15, 0.2) is 127 Å². The maximum atomic E-state index is 11.8. The summed E-state index contributed by atoms with van der Waals surface area (Å²) in [4.78, 5) is 22.4. The fraction of sp³-hybridized carbons (Fsp3) is 0.231. The van der Waals surface area contributed by atoms with E-state index in [9.17, 15) is 15.2 Å². The predicted octanol–water partition coefficient (Wildman–Crippen LogP) is 16.9. The third-order valence-corrected chi connectivity index (χ3v) is 16.1. The summed E-state index contributed by atoms with van der Waals surface area (Å²) in [5.41, 5.74) is 4.65. The Morgan fingerprint density at radius 2 is 1.07 bits per heavy atom. The number of carbonyl (C=O) groups is 1. The van der Waals surface area contributed by atoms with Gasteiger partial charge in [0.2, 0.25) is 0 Å². The van der Waals surface area contributed by atoms with E-state index in [1.54, 1.807) is 28.7 Å². The van der Waals surface area contributed by atoms with E-state index in [1.807, 2.05) is 28.7 Å². The maximum Gasteiger partial charge on any atom is 0.346 e. The Morgan fingerprint density at radius 3 is 1.60 bits per heavy atom. The molecule has 8 heteroatoms. The molecule has 0 aliphatic rings. The maximum absolute atomic E-state index is 11.8. The average Bonchev–Trinajstić information content (AvgIpc) is 4.11. The second kappa shape index (κ2) is 19.4. The lowest BCUT2D eigenvalue weighted by Gasteiger charge is -2.28. The van der Waals surface area contributed by atoms with Crippen LogP contribution in [0.4, 0.5) is 16.4 Å². The molecule has 0 saturated heterocycles. The zero-order valence-electron chi connectivity index (χ0n) is 34.1. The van der Waals surface area contributed by atoms with Crippen molar-refractivity contribution in [2.75, 3.05) is 4.90 Å². The van der Waals surface area contributed by atoms with Crippen molar-refractivity contribution < 1.29 is 9.90 Å². The van der Waals surface area contributed by atoms with Crippen molar-refractivity contribution in [3.63, 3.8) is 0 Å². The highest BCUT2D eigenvalue weighted by Gasteiger charge is 2.24. The van der Waals surface area contributed by atoms with E-state index < -0.39 is 5.97 Å². The number of nitriles is 1. The molecule has 8 rings (SSSR count). The van der Waals surface area contributed by atoms with Crippen LogP contribution in [-0.2, 0) is 17.6 Å². The van der Waals surface area contributed by atoms with Crippen LogP contribution in [0.3, 0.4) is 0 Å². The molecule has 4 nitrogen and oxygen atoms in total. The van der Waals surface area contributed by atoms with Crippen molar-refractivity contribution in [2.45, 2.75) is 78.1 Å². The number of carboxylic acid groups (broad SMARTS) is 1. The summed E-state index contributed by atoms with van der Waals surface area (Å²) in [5.74, 6) is -1.19. The van der Waals surface area contributed by atoms with Gasteiger partial charge in [-0.3, -0.25) is 0 Å². The first-order chi connectivity index (χ1) is 29.4. The Labute approximate surface area is 369 Å². The summed E-state index contributed by atoms with van der Waals surface area (Å²) in [6, 6.07) is 46.3. The molecule has 0 spiro atoms. The van der Waals surface area contributed by atoms with Gasteiger partial charge in [-0.2, -0.15) is 5.26 Å². The first-order valence-corrected chi connectivity index (χ1v) is 24.3. The van der Waals surface area contributed by atoms with Crippen LogP contribution in [0.1, 0.15) is 81.2 Å². The summed E-state index contributed by atoms with van der Waals surface area (Å²) in [5, 5.41) is 25.3. The fourth-order valence-corrected chi connectivity index (χ4v) is 12.6. The Morgan fingerprint density at radius 1 is 0.583 bits per heavy atom. The number of rotatable bonds is 18. The van der Waals surface area contributed by atoms with Crippen LogP contribution in [0.2, 0.25) is 0 Å². The second-order valence-corrected chi connectivity index (χ2v) is 19.5. The minimum atomic E-state index is -1.19. The number of unbranched alkanes of at least 4 members (excludes halogenated alkanes) is 6. The first-order valence-electron chi connectivity index (χ1n) is 21.0. The molecule has 0 fully saturated rings. The van der Waals surface area contributed by atoms with Gasteiger partial charge in [0, 0.05) is 44.9 Å². The number of anilines is 3. The lowest BCUT2D eigenvalue weighted by Crippen LogP contribution is -2.11. The Hall–Kier alpha value is -5.30. The van der Waals surface area contributed by atoms with E-state index in [0.29, 0.717) is 0 Å². The van der Waals surface area contributed by atoms with Gasteiger partial charge in [0.05, 0.1) is 11.4 Å². The average molecular weight is 861 g/mol. The second-order valence-electron chi connectivity index (χ2n) is 15.2. The van der Waals surface area contributed by atoms with Gasteiger partial charge in [0.25, 0.3) is 0 Å². The number of nitrogens with zero attached hydrogens (tertiary/aromatic N) is 2. The summed E-state index contributed by atoms with van der Waals surface area (Å²) < 4.78 is 0. The van der Waals surface area contributed by atoms with Crippen molar-refractivity contribution in [2.24, 2.45) is 0 Å². The van der Waals surface area contributed by atoms with E-state index in [4.69, 9.17) is 0 Å². The number of aryl methyl sites for hydroxylation is 2. The predicted molar refractivity (Wildman–Crippen MR) is 261 cm³/mol. The van der Waals surface area contributed by atoms with Gasteiger partial charge in [0.15, 0.2) is 0 Å². The Kier molecular flexibility index (Phi) is 13.4. The summed E-state index contributed by atoms with van der Waals surface area (Å²) >= 11 is 7.09. The van der Waals surface area contributed by atoms with Gasteiger partial charge in [0.1, 0.15) is 16.6 Å². The largest absolute Gasteiger partial charge is 0.477 e. The molecular weight excluding hydrogens is 813 g/mol. The van der Waals surface area contributed by atoms with Crippen LogP contribution in [-0.4, -0.2) is 11.1 Å². The highest BCUT2D eigenvalue weighted by molar-refractivity contribution is 7.29. The molecule has 0 aliphatic heterocycles. The zero-order chi connectivity index (χ0) is 41.4. The van der Waals surface area contributed by atoms with Crippen molar-refractivity contribution >= 4 is 95.3 Å². The molecule has 0 unspecified atom stereocenters. The minimum Gasteiger partial charge on any atom is -0.477 e. The SMILES string of the molecule is CCCCCCc1cc(-c2ccc(-c3ccc(-c4cc(CCCCCC)c(N(c5cccc6ccccc56)c5cccc6ccccc56)s4)s3)s2)sc1/C=C(\C#N)C(=O)O. The molecule has 0 amide bonds. The van der Waals surface area contributed by atoms with E-state index in [-0.39, 0.29) is 5.57 Å². The van der Waals surface area contributed by atoms with E-state index >= 15 is 0 Å². The van der Waals surface area contributed by atoms with Crippen LogP contribution in [0.5, 0.6) is 0 Å². The number of carboxylic acids is 1. The van der Waals surface area contributed by atoms with E-state index in [2.05, 4.69) is 140 Å². The standard InChI is InChI=1S/C52H48N2O2S4/c1-3-5-7-9-19-37-31-49(59-48(37)33-39(34-53)52(55)56)46-29-27-44(57-46)45-28-30-47(58-45)50-32-38(20-10-8-6-4-2)51(60-50)54(42-25-15-21-35-17-11-13-23-40(35)42)43-26-16-22-36-18-12-14-24-41(36)43/h11-18,21-33H,3-10,19-20H2,1-2H3,(H,55,56)/b39-33+. The summed E-state index contributed by atoms with van der Waals surface area (Å²) in [6.07, 6.45) is 12.8. The number of thiophene rings is 4. The van der Waals surface area contributed by atoms with E-state index in [0.717, 1.165) is 58.7 Å². The highest BCUT2D eigenvalue weighted by Crippen LogP contribution is 2.51. The van der Waals surface area contributed by atoms with Gasteiger partial charge in [-0.1, -0.05) is 125 Å². The Balaban J connectivity index is 1.17. The normalized spacial score (nSPS) is 11.7. The Bertz CT molecular complexity index is 2740. The van der Waals surface area contributed by atoms with Crippen LogP contribution in [0.25, 0.3) is 56.9 Å². The number of benzene rings is 4. The lowest BCUT2D eigenvalue weighted by atomic mass is 10.0. The van der Waals surface area contributed by atoms with Gasteiger partial charge in [-0.15, -0.1) is 45.3 Å². The van der Waals surface area contributed by atoms with Gasteiger partial charge >= 0.3 is 5.97 Å². The monoisotopic (exact) mass is 860 g/mol. The quantitative estimate of drug-likeness (QED) is 0.0530. The van der Waals surface area contributed by atoms with Crippen molar-refractivity contribution in [1.82, 2.24) is 0 Å². The lowest BCUT2D eigenvalue weighted by molar-refractivity contribution is -0.132. The molecule has 0 saturated carbocycles. The molecule has 0 atom stereocenters. The third-order valence-electron chi connectivity index (χ3n) is 11.0. The molecule has 4 heterocycles.